The van der Waals surface area contributed by atoms with Crippen molar-refractivity contribution in [1.82, 2.24) is 0 Å². The molecule has 3 heteroatoms. The minimum Gasteiger partial charge on any atom is -0.0891 e. The molecule has 0 aliphatic carbocycles. The summed E-state index contributed by atoms with van der Waals surface area (Å²) in [6.45, 7) is 4.37. The molecular weight excluding hydrogens is 283 g/mol. The second-order valence-corrected chi connectivity index (χ2v) is 5.87. The zero-order valence-electron chi connectivity index (χ0n) is 8.23. The molecule has 2 atom stereocenters. The molecule has 0 nitrogen and oxygen atoms in total. The number of hydrogen-bond acceptors (Lipinski definition) is 0. The summed E-state index contributed by atoms with van der Waals surface area (Å²) in [7, 11) is 0. The minimum atomic E-state index is 0.511. The molecule has 0 radical (unpaired) electrons. The van der Waals surface area contributed by atoms with Gasteiger partial charge in [0.1, 0.15) is 0 Å². The van der Waals surface area contributed by atoms with Gasteiger partial charge in [-0.3, -0.25) is 0 Å². The van der Waals surface area contributed by atoms with Crippen LogP contribution in [-0.2, 0) is 6.42 Å². The second kappa shape index (κ2) is 5.39. The smallest absolute Gasteiger partial charge is 0.0595 e. The van der Waals surface area contributed by atoms with Crippen molar-refractivity contribution < 1.29 is 0 Å². The third-order valence-corrected chi connectivity index (χ3v) is 3.97. The van der Waals surface area contributed by atoms with E-state index in [4.69, 9.17) is 23.2 Å². The van der Waals surface area contributed by atoms with Gasteiger partial charge in [0.25, 0.3) is 0 Å². The molecule has 2 unspecified atom stereocenters. The monoisotopic (exact) mass is 294 g/mol. The molecule has 14 heavy (non-hydrogen) atoms. The topological polar surface area (TPSA) is 0 Å². The molecule has 0 aliphatic rings. The van der Waals surface area contributed by atoms with Gasteiger partial charge in [-0.05, 0) is 30.0 Å². The molecule has 0 N–H and O–H groups in total. The lowest BCUT2D eigenvalue weighted by Crippen LogP contribution is -2.09. The molecule has 78 valence electrons. The van der Waals surface area contributed by atoms with Crippen molar-refractivity contribution in [3.63, 3.8) is 0 Å². The van der Waals surface area contributed by atoms with Crippen molar-refractivity contribution in [2.75, 3.05) is 0 Å². The number of alkyl halides is 1. The molecule has 0 saturated heterocycles. The molecule has 0 amide bonds. The first-order valence-electron chi connectivity index (χ1n) is 4.58. The Morgan fingerprint density at radius 3 is 2.36 bits per heavy atom. The third-order valence-electron chi connectivity index (χ3n) is 2.33. The van der Waals surface area contributed by atoms with Gasteiger partial charge in [0.2, 0.25) is 0 Å². The van der Waals surface area contributed by atoms with Crippen molar-refractivity contribution in [3.8, 4) is 0 Å². The van der Waals surface area contributed by atoms with Crippen LogP contribution in [0.25, 0.3) is 0 Å². The molecule has 0 heterocycles. The lowest BCUT2D eigenvalue weighted by molar-refractivity contribution is 0.581. The maximum Gasteiger partial charge on any atom is 0.0595 e. The van der Waals surface area contributed by atoms with Crippen molar-refractivity contribution in [3.05, 3.63) is 33.8 Å². The lowest BCUT2D eigenvalue weighted by Gasteiger charge is -2.14. The van der Waals surface area contributed by atoms with Crippen LogP contribution in [0.3, 0.4) is 0 Å². The van der Waals surface area contributed by atoms with Gasteiger partial charge in [-0.15, -0.1) is 0 Å². The summed E-state index contributed by atoms with van der Waals surface area (Å²) in [5.74, 6) is 0.590. The van der Waals surface area contributed by atoms with Gasteiger partial charge >= 0.3 is 0 Å². The first-order valence-corrected chi connectivity index (χ1v) is 6.26. The van der Waals surface area contributed by atoms with Gasteiger partial charge in [-0.25, -0.2) is 0 Å². The summed E-state index contributed by atoms with van der Waals surface area (Å²) in [4.78, 5) is 0.511. The average molecular weight is 296 g/mol. The number of hydrogen-bond donors (Lipinski definition) is 0. The first-order chi connectivity index (χ1) is 6.50. The standard InChI is InChI=1S/C11H13BrCl2/c1-7(8(2)12)5-9-3-4-10(13)11(14)6-9/h3-4,6-8H,5H2,1-2H3. The summed E-state index contributed by atoms with van der Waals surface area (Å²) in [6.07, 6.45) is 1.02. The maximum absolute atomic E-state index is 5.93. The molecule has 0 bridgehead atoms. The van der Waals surface area contributed by atoms with E-state index in [9.17, 15) is 0 Å². The van der Waals surface area contributed by atoms with E-state index >= 15 is 0 Å². The predicted octanol–water partition coefficient (Wildman–Crippen LogP) is 4.96. The Kier molecular flexibility index (Phi) is 4.75. The fourth-order valence-corrected chi connectivity index (χ4v) is 1.71. The Morgan fingerprint density at radius 1 is 1.21 bits per heavy atom. The number of rotatable bonds is 3. The van der Waals surface area contributed by atoms with Gasteiger partial charge < -0.3 is 0 Å². The van der Waals surface area contributed by atoms with Crippen LogP contribution >= 0.6 is 39.1 Å². The molecule has 0 aliphatic heterocycles. The van der Waals surface area contributed by atoms with Crippen LogP contribution in [0.15, 0.2) is 18.2 Å². The van der Waals surface area contributed by atoms with Crippen molar-refractivity contribution in [2.45, 2.75) is 25.1 Å². The molecule has 1 aromatic carbocycles. The van der Waals surface area contributed by atoms with E-state index in [1.807, 2.05) is 18.2 Å². The average Bonchev–Trinajstić information content (AvgIpc) is 2.11. The van der Waals surface area contributed by atoms with E-state index < -0.39 is 0 Å². The molecule has 0 fully saturated rings. The predicted molar refractivity (Wildman–Crippen MR) is 67.7 cm³/mol. The Labute approximate surface area is 104 Å². The molecule has 0 spiro atoms. The van der Waals surface area contributed by atoms with Crippen LogP contribution in [-0.4, -0.2) is 4.83 Å². The second-order valence-electron chi connectivity index (χ2n) is 3.61. The van der Waals surface area contributed by atoms with Crippen molar-refractivity contribution in [1.29, 1.82) is 0 Å². The molecule has 0 saturated carbocycles. The minimum absolute atomic E-state index is 0.511. The van der Waals surface area contributed by atoms with E-state index in [-0.39, 0.29) is 0 Å². The third kappa shape index (κ3) is 3.45. The highest BCUT2D eigenvalue weighted by atomic mass is 79.9. The quantitative estimate of drug-likeness (QED) is 0.692. The summed E-state index contributed by atoms with van der Waals surface area (Å²) in [6, 6.07) is 5.82. The largest absolute Gasteiger partial charge is 0.0891 e. The van der Waals surface area contributed by atoms with E-state index in [0.717, 1.165) is 6.42 Å². The first kappa shape index (κ1) is 12.4. The van der Waals surface area contributed by atoms with E-state index in [0.29, 0.717) is 20.8 Å². The van der Waals surface area contributed by atoms with E-state index in [2.05, 4.69) is 29.8 Å². The van der Waals surface area contributed by atoms with E-state index in [1.165, 1.54) is 5.56 Å². The Morgan fingerprint density at radius 2 is 1.86 bits per heavy atom. The Bertz CT molecular complexity index is 310. The highest BCUT2D eigenvalue weighted by molar-refractivity contribution is 9.09. The zero-order valence-corrected chi connectivity index (χ0v) is 11.3. The zero-order chi connectivity index (χ0) is 10.7. The fraction of sp³-hybridized carbons (Fsp3) is 0.455. The van der Waals surface area contributed by atoms with Crippen LogP contribution in [0.2, 0.25) is 10.0 Å². The van der Waals surface area contributed by atoms with Gasteiger partial charge in [0.15, 0.2) is 0 Å². The molecule has 1 aromatic rings. The van der Waals surface area contributed by atoms with Crippen molar-refractivity contribution >= 4 is 39.1 Å². The van der Waals surface area contributed by atoms with E-state index in [1.54, 1.807) is 0 Å². The molecule has 0 aromatic heterocycles. The van der Waals surface area contributed by atoms with Gasteiger partial charge in [0, 0.05) is 4.83 Å². The van der Waals surface area contributed by atoms with Crippen LogP contribution in [0.1, 0.15) is 19.4 Å². The Hall–Kier alpha value is 0.280. The number of halogens is 3. The van der Waals surface area contributed by atoms with Crippen LogP contribution in [0.4, 0.5) is 0 Å². The lowest BCUT2D eigenvalue weighted by atomic mass is 9.99. The number of benzene rings is 1. The highest BCUT2D eigenvalue weighted by Crippen LogP contribution is 2.25. The molecule has 1 rings (SSSR count). The highest BCUT2D eigenvalue weighted by Gasteiger charge is 2.10. The van der Waals surface area contributed by atoms with Gasteiger partial charge in [0.05, 0.1) is 10.0 Å². The molecular formula is C11H13BrCl2. The summed E-state index contributed by atoms with van der Waals surface area (Å²) in [5.41, 5.74) is 1.23. The van der Waals surface area contributed by atoms with Crippen LogP contribution in [0.5, 0.6) is 0 Å². The van der Waals surface area contributed by atoms with Gasteiger partial charge in [-0.1, -0.05) is 59.0 Å². The van der Waals surface area contributed by atoms with Gasteiger partial charge in [-0.2, -0.15) is 0 Å². The fourth-order valence-electron chi connectivity index (χ4n) is 1.20. The summed E-state index contributed by atoms with van der Waals surface area (Å²) >= 11 is 15.3. The van der Waals surface area contributed by atoms with Crippen LogP contribution < -0.4 is 0 Å². The maximum atomic E-state index is 5.93. The summed E-state index contributed by atoms with van der Waals surface area (Å²) in [5, 5.41) is 1.26. The SMILES string of the molecule is CC(Br)C(C)Cc1ccc(Cl)c(Cl)c1. The van der Waals surface area contributed by atoms with Crippen LogP contribution in [0, 0.1) is 5.92 Å². The Balaban J connectivity index is 2.73. The van der Waals surface area contributed by atoms with Crippen molar-refractivity contribution in [2.24, 2.45) is 5.92 Å². The normalized spacial score (nSPS) is 15.2. The summed E-state index contributed by atoms with van der Waals surface area (Å²) < 4.78 is 0.